The maximum atomic E-state index is 12.8. The normalized spacial score (nSPS) is 18.3. The van der Waals surface area contributed by atoms with Crippen LogP contribution in [0.5, 0.6) is 0 Å². The molecule has 3 rings (SSSR count). The van der Waals surface area contributed by atoms with E-state index in [1.807, 2.05) is 0 Å². The second kappa shape index (κ2) is 8.14. The molecule has 3 amide bonds. The number of methoxy groups -OCH3 is 1. The van der Waals surface area contributed by atoms with Crippen LogP contribution >= 0.6 is 0 Å². The zero-order valence-electron chi connectivity index (χ0n) is 16.0. The SMILES string of the molecule is COC(=O)c1ccc(COC(=O)CN2C(=O)N[C@@](C)(c3ccccc3)C2=O)cc1. The quantitative estimate of drug-likeness (QED) is 0.592. The molecule has 1 saturated heterocycles. The maximum Gasteiger partial charge on any atom is 0.337 e. The Balaban J connectivity index is 1.60. The fraction of sp³-hybridized carbons (Fsp3) is 0.238. The van der Waals surface area contributed by atoms with Crippen LogP contribution in [0.3, 0.4) is 0 Å². The van der Waals surface area contributed by atoms with Gasteiger partial charge in [0, 0.05) is 0 Å². The summed E-state index contributed by atoms with van der Waals surface area (Å²) in [7, 11) is 1.29. The number of rotatable bonds is 6. The Bertz CT molecular complexity index is 941. The molecule has 1 aliphatic heterocycles. The van der Waals surface area contributed by atoms with Crippen molar-refractivity contribution in [2.24, 2.45) is 0 Å². The summed E-state index contributed by atoms with van der Waals surface area (Å²) in [5, 5.41) is 2.63. The summed E-state index contributed by atoms with van der Waals surface area (Å²) in [6.45, 7) is 1.05. The second-order valence-electron chi connectivity index (χ2n) is 6.66. The molecule has 1 heterocycles. The summed E-state index contributed by atoms with van der Waals surface area (Å²) < 4.78 is 9.78. The number of hydrogen-bond acceptors (Lipinski definition) is 6. The van der Waals surface area contributed by atoms with Gasteiger partial charge in [-0.3, -0.25) is 14.5 Å². The fourth-order valence-corrected chi connectivity index (χ4v) is 3.00. The summed E-state index contributed by atoms with van der Waals surface area (Å²) in [5.74, 6) is -1.70. The van der Waals surface area contributed by atoms with Crippen molar-refractivity contribution in [2.75, 3.05) is 13.7 Å². The molecule has 0 saturated carbocycles. The molecule has 8 heteroatoms. The molecular formula is C21H20N2O6. The molecule has 0 bridgehead atoms. The fourth-order valence-electron chi connectivity index (χ4n) is 3.00. The highest BCUT2D eigenvalue weighted by molar-refractivity contribution is 6.08. The Hall–Kier alpha value is -3.68. The molecule has 8 nitrogen and oxygen atoms in total. The van der Waals surface area contributed by atoms with Gasteiger partial charge < -0.3 is 14.8 Å². The average molecular weight is 396 g/mol. The lowest BCUT2D eigenvalue weighted by Gasteiger charge is -2.21. The van der Waals surface area contributed by atoms with Crippen LogP contribution in [0.1, 0.15) is 28.4 Å². The van der Waals surface area contributed by atoms with Gasteiger partial charge in [-0.1, -0.05) is 42.5 Å². The number of hydrogen-bond donors (Lipinski definition) is 1. The monoisotopic (exact) mass is 396 g/mol. The number of carbonyl (C=O) groups excluding carboxylic acids is 4. The van der Waals surface area contributed by atoms with Crippen molar-refractivity contribution in [2.45, 2.75) is 19.1 Å². The molecule has 29 heavy (non-hydrogen) atoms. The van der Waals surface area contributed by atoms with E-state index in [-0.39, 0.29) is 6.61 Å². The second-order valence-corrected chi connectivity index (χ2v) is 6.66. The van der Waals surface area contributed by atoms with Crippen molar-refractivity contribution in [1.29, 1.82) is 0 Å². The van der Waals surface area contributed by atoms with E-state index in [1.165, 1.54) is 7.11 Å². The highest BCUT2D eigenvalue weighted by Crippen LogP contribution is 2.28. The van der Waals surface area contributed by atoms with Gasteiger partial charge in [0.25, 0.3) is 5.91 Å². The van der Waals surface area contributed by atoms with Gasteiger partial charge in [-0.05, 0) is 30.2 Å². The maximum absolute atomic E-state index is 12.8. The molecule has 0 aliphatic carbocycles. The molecule has 1 fully saturated rings. The van der Waals surface area contributed by atoms with E-state index in [0.717, 1.165) is 4.90 Å². The molecule has 1 atom stereocenters. The molecular weight excluding hydrogens is 376 g/mol. The third kappa shape index (κ3) is 4.11. The number of nitrogens with zero attached hydrogens (tertiary/aromatic N) is 1. The van der Waals surface area contributed by atoms with Gasteiger partial charge in [0.15, 0.2) is 0 Å². The topological polar surface area (TPSA) is 102 Å². The molecule has 0 aromatic heterocycles. The molecule has 0 radical (unpaired) electrons. The molecule has 0 spiro atoms. The Labute approximate surface area is 167 Å². The predicted molar refractivity (Wildman–Crippen MR) is 102 cm³/mol. The third-order valence-electron chi connectivity index (χ3n) is 4.69. The van der Waals surface area contributed by atoms with Crippen LogP contribution in [0.4, 0.5) is 4.79 Å². The Morgan fingerprint density at radius 1 is 1.03 bits per heavy atom. The largest absolute Gasteiger partial charge is 0.465 e. The number of urea groups is 1. The van der Waals surface area contributed by atoms with Gasteiger partial charge in [0.1, 0.15) is 18.7 Å². The molecule has 2 aromatic carbocycles. The highest BCUT2D eigenvalue weighted by Gasteiger charge is 2.49. The van der Waals surface area contributed by atoms with Crippen molar-refractivity contribution >= 4 is 23.9 Å². The van der Waals surface area contributed by atoms with E-state index < -0.39 is 36.0 Å². The van der Waals surface area contributed by atoms with Crippen LogP contribution < -0.4 is 5.32 Å². The number of esters is 2. The van der Waals surface area contributed by atoms with Crippen LogP contribution in [0, 0.1) is 0 Å². The summed E-state index contributed by atoms with van der Waals surface area (Å²) in [5.41, 5.74) is 0.418. The van der Waals surface area contributed by atoms with E-state index in [4.69, 9.17) is 4.74 Å². The summed E-state index contributed by atoms with van der Waals surface area (Å²) in [4.78, 5) is 49.4. The zero-order chi connectivity index (χ0) is 21.0. The van der Waals surface area contributed by atoms with Crippen LogP contribution in [0.15, 0.2) is 54.6 Å². The van der Waals surface area contributed by atoms with E-state index >= 15 is 0 Å². The molecule has 150 valence electrons. The smallest absolute Gasteiger partial charge is 0.337 e. The summed E-state index contributed by atoms with van der Waals surface area (Å²) in [6.07, 6.45) is 0. The summed E-state index contributed by atoms with van der Waals surface area (Å²) in [6, 6.07) is 14.5. The number of carbonyl (C=O) groups is 4. The van der Waals surface area contributed by atoms with Crippen LogP contribution in [0.2, 0.25) is 0 Å². The van der Waals surface area contributed by atoms with E-state index in [1.54, 1.807) is 61.5 Å². The predicted octanol–water partition coefficient (Wildman–Crippen LogP) is 1.98. The first-order valence-electron chi connectivity index (χ1n) is 8.87. The van der Waals surface area contributed by atoms with Crippen molar-refractivity contribution in [3.63, 3.8) is 0 Å². The number of amides is 3. The van der Waals surface area contributed by atoms with Crippen LogP contribution in [-0.4, -0.2) is 42.4 Å². The first kappa shape index (κ1) is 20.1. The average Bonchev–Trinajstić information content (AvgIpc) is 2.96. The van der Waals surface area contributed by atoms with Gasteiger partial charge in [-0.15, -0.1) is 0 Å². The van der Waals surface area contributed by atoms with Gasteiger partial charge in [-0.2, -0.15) is 0 Å². The minimum absolute atomic E-state index is 0.0557. The number of imide groups is 1. The molecule has 1 aliphatic rings. The van der Waals surface area contributed by atoms with Crippen LogP contribution in [0.25, 0.3) is 0 Å². The van der Waals surface area contributed by atoms with E-state index in [0.29, 0.717) is 16.7 Å². The number of ether oxygens (including phenoxy) is 2. The summed E-state index contributed by atoms with van der Waals surface area (Å²) >= 11 is 0. The first-order valence-corrected chi connectivity index (χ1v) is 8.87. The number of nitrogens with one attached hydrogen (secondary N) is 1. The Morgan fingerprint density at radius 3 is 2.31 bits per heavy atom. The van der Waals surface area contributed by atoms with Gasteiger partial charge in [-0.25, -0.2) is 9.59 Å². The Morgan fingerprint density at radius 2 is 1.69 bits per heavy atom. The lowest BCUT2D eigenvalue weighted by atomic mass is 9.92. The van der Waals surface area contributed by atoms with Crippen molar-refractivity contribution < 1.29 is 28.7 Å². The van der Waals surface area contributed by atoms with E-state index in [2.05, 4.69) is 10.1 Å². The lowest BCUT2D eigenvalue weighted by Crippen LogP contribution is -2.41. The Kier molecular flexibility index (Phi) is 5.63. The zero-order valence-corrected chi connectivity index (χ0v) is 16.0. The van der Waals surface area contributed by atoms with Gasteiger partial charge >= 0.3 is 18.0 Å². The highest BCUT2D eigenvalue weighted by atomic mass is 16.5. The van der Waals surface area contributed by atoms with Crippen molar-refractivity contribution in [3.05, 3.63) is 71.3 Å². The van der Waals surface area contributed by atoms with E-state index in [9.17, 15) is 19.2 Å². The van der Waals surface area contributed by atoms with Gasteiger partial charge in [0.2, 0.25) is 0 Å². The molecule has 2 aromatic rings. The van der Waals surface area contributed by atoms with Gasteiger partial charge in [0.05, 0.1) is 12.7 Å². The first-order chi connectivity index (χ1) is 13.8. The lowest BCUT2D eigenvalue weighted by molar-refractivity contribution is -0.148. The number of benzene rings is 2. The minimum Gasteiger partial charge on any atom is -0.465 e. The molecule has 1 N–H and O–H groups in total. The van der Waals surface area contributed by atoms with Crippen molar-refractivity contribution in [1.82, 2.24) is 10.2 Å². The molecule has 0 unspecified atom stereocenters. The minimum atomic E-state index is -1.23. The standard InChI is InChI=1S/C21H20N2O6/c1-21(16-6-4-3-5-7-16)19(26)23(20(27)22-21)12-17(24)29-13-14-8-10-15(11-9-14)18(25)28-2/h3-11H,12-13H2,1-2H3,(H,22,27)/t21-/m0/s1. The van der Waals surface area contributed by atoms with Crippen LogP contribution in [-0.2, 0) is 31.2 Å². The third-order valence-corrected chi connectivity index (χ3v) is 4.69. The van der Waals surface area contributed by atoms with Crippen molar-refractivity contribution in [3.8, 4) is 0 Å².